The summed E-state index contributed by atoms with van der Waals surface area (Å²) >= 11 is 11.7. The first-order valence-electron chi connectivity index (χ1n) is 6.68. The highest BCUT2D eigenvalue weighted by atomic mass is 35.5. The zero-order valence-corrected chi connectivity index (χ0v) is 15.5. The van der Waals surface area contributed by atoms with Crippen molar-refractivity contribution >= 4 is 45.6 Å². The first-order chi connectivity index (χ1) is 10.3. The average molecular weight is 408 g/mol. The zero-order valence-electron chi connectivity index (χ0n) is 12.4. The molecule has 0 radical (unpaired) electrons. The number of benzene rings is 1. The van der Waals surface area contributed by atoms with Crippen LogP contribution in [0, 0.1) is 5.82 Å². The van der Waals surface area contributed by atoms with Crippen LogP contribution in [-0.2, 0) is 14.8 Å². The summed E-state index contributed by atoms with van der Waals surface area (Å²) in [4.78, 5) is -0.317. The fourth-order valence-corrected chi connectivity index (χ4v) is 4.87. The number of hydrogen-bond acceptors (Lipinski definition) is 4. The summed E-state index contributed by atoms with van der Waals surface area (Å²) in [5.74, 6) is -0.692. The Kier molecular flexibility index (Phi) is 7.53. The van der Waals surface area contributed by atoms with Crippen LogP contribution in [0.4, 0.5) is 4.39 Å². The van der Waals surface area contributed by atoms with E-state index in [-0.39, 0.29) is 33.9 Å². The molecule has 132 valence electrons. The van der Waals surface area contributed by atoms with Gasteiger partial charge in [0.05, 0.1) is 22.2 Å². The van der Waals surface area contributed by atoms with Crippen LogP contribution in [0.25, 0.3) is 0 Å². The van der Waals surface area contributed by atoms with Gasteiger partial charge < -0.3 is 10.1 Å². The van der Waals surface area contributed by atoms with Gasteiger partial charge in [0.15, 0.2) is 0 Å². The highest BCUT2D eigenvalue weighted by Gasteiger charge is 2.35. The summed E-state index contributed by atoms with van der Waals surface area (Å²) in [5.41, 5.74) is -0.458. The zero-order chi connectivity index (χ0) is 16.4. The third kappa shape index (κ3) is 4.92. The van der Waals surface area contributed by atoms with Crippen molar-refractivity contribution in [3.05, 3.63) is 28.0 Å². The second kappa shape index (κ2) is 8.29. The summed E-state index contributed by atoms with van der Waals surface area (Å²) in [6.45, 7) is 1.30. The standard InChI is InChI=1S/C13H17Cl2FN2O3S.ClH/c1-21-8-13(3-2-4-17-13)7-18-22(19,20)12-10(14)5-9(16)6-11(12)15;/h5-6,17-18H,2-4,7-8H2,1H3;1H. The quantitative estimate of drug-likeness (QED) is 0.761. The molecular weight excluding hydrogens is 390 g/mol. The van der Waals surface area contributed by atoms with Gasteiger partial charge in [-0.25, -0.2) is 17.5 Å². The Balaban J connectivity index is 0.00000264. The molecule has 0 amide bonds. The molecular formula is C13H18Cl3FN2O3S. The summed E-state index contributed by atoms with van der Waals surface area (Å²) in [5, 5.41) is 2.75. The number of hydrogen-bond donors (Lipinski definition) is 2. The molecule has 0 bridgehead atoms. The van der Waals surface area contributed by atoms with E-state index in [1.165, 1.54) is 0 Å². The van der Waals surface area contributed by atoms with Crippen molar-refractivity contribution in [2.24, 2.45) is 0 Å². The number of sulfonamides is 1. The summed E-state index contributed by atoms with van der Waals surface area (Å²) in [7, 11) is -2.40. The van der Waals surface area contributed by atoms with Crippen LogP contribution in [0.1, 0.15) is 12.8 Å². The van der Waals surface area contributed by atoms with E-state index < -0.39 is 21.4 Å². The van der Waals surface area contributed by atoms with E-state index in [1.54, 1.807) is 7.11 Å². The number of rotatable bonds is 6. The molecule has 1 heterocycles. The van der Waals surface area contributed by atoms with Crippen LogP contribution < -0.4 is 10.0 Å². The Bertz CT molecular complexity index is 629. The van der Waals surface area contributed by atoms with Crippen molar-refractivity contribution < 1.29 is 17.5 Å². The second-order valence-electron chi connectivity index (χ2n) is 5.27. The Labute approximate surface area is 151 Å². The van der Waals surface area contributed by atoms with E-state index in [0.717, 1.165) is 31.5 Å². The van der Waals surface area contributed by atoms with E-state index in [0.29, 0.717) is 6.61 Å². The Hall–Kier alpha value is -0.150. The fraction of sp³-hybridized carbons (Fsp3) is 0.538. The Morgan fingerprint density at radius 1 is 1.39 bits per heavy atom. The average Bonchev–Trinajstić information content (AvgIpc) is 2.84. The minimum absolute atomic E-state index is 0. The van der Waals surface area contributed by atoms with Gasteiger partial charge in [-0.3, -0.25) is 0 Å². The van der Waals surface area contributed by atoms with Gasteiger partial charge in [0.25, 0.3) is 0 Å². The topological polar surface area (TPSA) is 67.4 Å². The lowest BCUT2D eigenvalue weighted by atomic mass is 9.99. The number of halogens is 4. The van der Waals surface area contributed by atoms with Gasteiger partial charge in [0.1, 0.15) is 10.7 Å². The molecule has 1 unspecified atom stereocenters. The van der Waals surface area contributed by atoms with Crippen LogP contribution in [0.15, 0.2) is 17.0 Å². The largest absolute Gasteiger partial charge is 0.383 e. The predicted octanol–water partition coefficient (Wildman–Crippen LogP) is 2.60. The van der Waals surface area contributed by atoms with Crippen molar-refractivity contribution in [3.8, 4) is 0 Å². The van der Waals surface area contributed by atoms with Gasteiger partial charge in [0.2, 0.25) is 10.0 Å². The van der Waals surface area contributed by atoms with E-state index in [1.807, 2.05) is 0 Å². The molecule has 0 aromatic heterocycles. The second-order valence-corrected chi connectivity index (χ2v) is 7.78. The van der Waals surface area contributed by atoms with Gasteiger partial charge in [0, 0.05) is 13.7 Å². The predicted molar refractivity (Wildman–Crippen MR) is 90.7 cm³/mol. The van der Waals surface area contributed by atoms with Crippen LogP contribution in [-0.4, -0.2) is 40.8 Å². The maximum Gasteiger partial charge on any atom is 0.243 e. The third-order valence-corrected chi connectivity index (χ3v) is 5.91. The van der Waals surface area contributed by atoms with Crippen LogP contribution in [0.2, 0.25) is 10.0 Å². The SMILES string of the molecule is COCC1(CNS(=O)(=O)c2c(Cl)cc(F)cc2Cl)CCCN1.Cl. The van der Waals surface area contributed by atoms with E-state index in [2.05, 4.69) is 10.0 Å². The monoisotopic (exact) mass is 406 g/mol. The summed E-state index contributed by atoms with van der Waals surface area (Å²) < 4.78 is 45.7. The van der Waals surface area contributed by atoms with Crippen molar-refractivity contribution in [3.63, 3.8) is 0 Å². The molecule has 0 aliphatic carbocycles. The van der Waals surface area contributed by atoms with Crippen molar-refractivity contribution in [2.75, 3.05) is 26.8 Å². The molecule has 10 heteroatoms. The van der Waals surface area contributed by atoms with Crippen LogP contribution in [0.3, 0.4) is 0 Å². The molecule has 1 aromatic carbocycles. The smallest absolute Gasteiger partial charge is 0.243 e. The van der Waals surface area contributed by atoms with Gasteiger partial charge >= 0.3 is 0 Å². The molecule has 2 N–H and O–H groups in total. The molecule has 0 saturated carbocycles. The molecule has 1 saturated heterocycles. The minimum Gasteiger partial charge on any atom is -0.383 e. The first kappa shape index (κ1) is 20.9. The third-order valence-electron chi connectivity index (χ3n) is 3.59. The number of methoxy groups -OCH3 is 1. The van der Waals surface area contributed by atoms with Crippen molar-refractivity contribution in [1.82, 2.24) is 10.0 Å². The van der Waals surface area contributed by atoms with E-state index in [4.69, 9.17) is 27.9 Å². The Morgan fingerprint density at radius 3 is 2.48 bits per heavy atom. The fourth-order valence-electron chi connectivity index (χ4n) is 2.56. The molecule has 1 atom stereocenters. The number of nitrogens with one attached hydrogen (secondary N) is 2. The minimum atomic E-state index is -3.96. The van der Waals surface area contributed by atoms with Crippen LogP contribution in [0.5, 0.6) is 0 Å². The Morgan fingerprint density at radius 2 is 2.00 bits per heavy atom. The molecule has 0 spiro atoms. The number of ether oxygens (including phenoxy) is 1. The van der Waals surface area contributed by atoms with E-state index >= 15 is 0 Å². The van der Waals surface area contributed by atoms with E-state index in [9.17, 15) is 12.8 Å². The summed E-state index contributed by atoms with van der Waals surface area (Å²) in [6, 6.07) is 1.83. The maximum absolute atomic E-state index is 13.2. The van der Waals surface area contributed by atoms with Crippen molar-refractivity contribution in [1.29, 1.82) is 0 Å². The molecule has 1 aromatic rings. The van der Waals surface area contributed by atoms with Gasteiger partial charge in [-0.05, 0) is 31.5 Å². The molecule has 5 nitrogen and oxygen atoms in total. The first-order valence-corrected chi connectivity index (χ1v) is 8.92. The highest BCUT2D eigenvalue weighted by molar-refractivity contribution is 7.89. The lowest BCUT2D eigenvalue weighted by molar-refractivity contribution is 0.122. The van der Waals surface area contributed by atoms with Crippen molar-refractivity contribution in [2.45, 2.75) is 23.3 Å². The lowest BCUT2D eigenvalue weighted by Gasteiger charge is -2.29. The molecule has 1 aliphatic heterocycles. The molecule has 1 aliphatic rings. The van der Waals surface area contributed by atoms with Gasteiger partial charge in [-0.15, -0.1) is 12.4 Å². The molecule has 1 fully saturated rings. The molecule has 2 rings (SSSR count). The summed E-state index contributed by atoms with van der Waals surface area (Å²) in [6.07, 6.45) is 1.72. The van der Waals surface area contributed by atoms with Gasteiger partial charge in [-0.1, -0.05) is 23.2 Å². The molecule has 23 heavy (non-hydrogen) atoms. The maximum atomic E-state index is 13.2. The lowest BCUT2D eigenvalue weighted by Crippen LogP contribution is -2.52. The normalized spacial score (nSPS) is 21.2. The highest BCUT2D eigenvalue weighted by Crippen LogP contribution is 2.30. The van der Waals surface area contributed by atoms with Crippen LogP contribution >= 0.6 is 35.6 Å². The van der Waals surface area contributed by atoms with Gasteiger partial charge in [-0.2, -0.15) is 0 Å².